The summed E-state index contributed by atoms with van der Waals surface area (Å²) in [6.07, 6.45) is 0.0658. The Labute approximate surface area is 248 Å². The number of hydrogen-bond donors (Lipinski definition) is 3. The van der Waals surface area contributed by atoms with Gasteiger partial charge in [0.15, 0.2) is 34.7 Å². The number of nitrogens with zero attached hydrogens (tertiary/aromatic N) is 2. The number of phenols is 1. The topological polar surface area (TPSA) is 158 Å². The maximum absolute atomic E-state index is 14.4. The number of hydrogen-bond acceptors (Lipinski definition) is 9. The van der Waals surface area contributed by atoms with E-state index in [1.165, 1.54) is 11.8 Å². The summed E-state index contributed by atoms with van der Waals surface area (Å²) in [7, 11) is 6.72. The molecule has 2 unspecified atom stereocenters. The molecule has 0 heterocycles. The number of anilines is 1. The van der Waals surface area contributed by atoms with Crippen LogP contribution in [0.5, 0.6) is 5.75 Å². The summed E-state index contributed by atoms with van der Waals surface area (Å²) in [5.41, 5.74) is 1.80. The Morgan fingerprint density at radius 1 is 1.02 bits per heavy atom. The van der Waals surface area contributed by atoms with E-state index in [9.17, 15) is 34.2 Å². The summed E-state index contributed by atoms with van der Waals surface area (Å²) in [5, 5.41) is 24.1. The number of ketones is 4. The molecule has 0 radical (unpaired) electrons. The number of Topliss-reactive ketones (excluding diaryl/α,β-unsaturated/α-hetero) is 4. The van der Waals surface area contributed by atoms with Gasteiger partial charge in [0.25, 0.3) is 0 Å². The Bertz CT molecular complexity index is 1590. The molecule has 0 aliphatic heterocycles. The van der Waals surface area contributed by atoms with Crippen LogP contribution in [0.15, 0.2) is 30.3 Å². The molecular weight excluding hydrogens is 562 g/mol. The number of amides is 1. The van der Waals surface area contributed by atoms with Crippen LogP contribution in [0.4, 0.5) is 5.69 Å². The first-order chi connectivity index (χ1) is 19.4. The van der Waals surface area contributed by atoms with Crippen molar-refractivity contribution in [1.29, 1.82) is 0 Å². The van der Waals surface area contributed by atoms with Crippen LogP contribution < -0.4 is 10.6 Å². The molecule has 5 rings (SSSR count). The standard InChI is InChI=1S/C31H34ClN3O7/c1-29-12-17-18(34(3)4)11-16(14-7-9-15(32)10-8-14)22(36)19(17)23(37)21(29)27(40)31(42)26(39)20(28(33)41)24(38)25(35(5)6)30(31,2)13-29/h7-11,20-21,25,36,42H,12-13H2,1-6H3,(H2,33,41)/t20?,21?,25-,29+,30+,31-/m1/s1. The number of benzene rings is 2. The van der Waals surface area contributed by atoms with Crippen molar-refractivity contribution < 1.29 is 34.2 Å². The molecule has 10 nitrogen and oxygen atoms in total. The number of carbonyl (C=O) groups excluding carboxylic acids is 5. The van der Waals surface area contributed by atoms with Crippen LogP contribution in [-0.4, -0.2) is 84.0 Å². The average Bonchev–Trinajstić information content (AvgIpc) is 2.86. The third-order valence-corrected chi connectivity index (χ3v) is 9.85. The number of aromatic hydroxyl groups is 1. The number of carbonyl (C=O) groups is 5. The zero-order chi connectivity index (χ0) is 31.3. The van der Waals surface area contributed by atoms with Crippen molar-refractivity contribution in [3.8, 4) is 16.9 Å². The zero-order valence-corrected chi connectivity index (χ0v) is 25.1. The number of fused-ring (bicyclic) bond motifs is 3. The van der Waals surface area contributed by atoms with Crippen LogP contribution in [0.1, 0.15) is 36.2 Å². The summed E-state index contributed by atoms with van der Waals surface area (Å²) < 4.78 is 0. The van der Waals surface area contributed by atoms with Gasteiger partial charge in [0.2, 0.25) is 5.91 Å². The Balaban J connectivity index is 1.76. The van der Waals surface area contributed by atoms with Gasteiger partial charge in [-0.05, 0) is 61.7 Å². The Morgan fingerprint density at radius 3 is 2.14 bits per heavy atom. The van der Waals surface area contributed by atoms with Gasteiger partial charge in [-0.15, -0.1) is 0 Å². The minimum atomic E-state index is -2.85. The lowest BCUT2D eigenvalue weighted by molar-refractivity contribution is -0.203. The van der Waals surface area contributed by atoms with Crippen LogP contribution in [-0.2, 0) is 25.6 Å². The average molecular weight is 596 g/mol. The van der Waals surface area contributed by atoms with Crippen molar-refractivity contribution in [2.75, 3.05) is 33.1 Å². The van der Waals surface area contributed by atoms with Crippen LogP contribution in [0, 0.1) is 22.7 Å². The lowest BCUT2D eigenvalue weighted by atomic mass is 9.42. The van der Waals surface area contributed by atoms with Gasteiger partial charge in [-0.1, -0.05) is 37.6 Å². The second-order valence-electron chi connectivity index (χ2n) is 12.8. The smallest absolute Gasteiger partial charge is 0.235 e. The van der Waals surface area contributed by atoms with Gasteiger partial charge in [-0.2, -0.15) is 0 Å². The number of phenolic OH excluding ortho intramolecular Hbond substituents is 1. The first kappa shape index (κ1) is 29.9. The summed E-state index contributed by atoms with van der Waals surface area (Å²) in [4.78, 5) is 71.7. The van der Waals surface area contributed by atoms with Gasteiger partial charge in [0, 0.05) is 35.8 Å². The Morgan fingerprint density at radius 2 is 1.62 bits per heavy atom. The number of primary amides is 1. The van der Waals surface area contributed by atoms with E-state index in [0.29, 0.717) is 27.4 Å². The highest BCUT2D eigenvalue weighted by Gasteiger charge is 2.76. The molecule has 1 amide bonds. The first-order valence-electron chi connectivity index (χ1n) is 13.6. The van der Waals surface area contributed by atoms with Gasteiger partial charge in [-0.3, -0.25) is 28.9 Å². The molecule has 0 bridgehead atoms. The molecule has 0 saturated heterocycles. The van der Waals surface area contributed by atoms with E-state index < -0.39 is 63.3 Å². The fourth-order valence-electron chi connectivity index (χ4n) is 8.02. The van der Waals surface area contributed by atoms with E-state index in [1.54, 1.807) is 65.4 Å². The second kappa shape index (κ2) is 9.45. The van der Waals surface area contributed by atoms with Gasteiger partial charge < -0.3 is 20.8 Å². The summed E-state index contributed by atoms with van der Waals surface area (Å²) in [6.45, 7) is 3.21. The molecule has 2 fully saturated rings. The molecule has 11 heteroatoms. The molecular formula is C31H34ClN3O7. The minimum absolute atomic E-state index is 0.0656. The number of nitrogens with two attached hydrogens (primary N) is 1. The van der Waals surface area contributed by atoms with Crippen LogP contribution >= 0.6 is 11.6 Å². The number of rotatable bonds is 4. The largest absolute Gasteiger partial charge is 0.507 e. The molecule has 4 N–H and O–H groups in total. The van der Waals surface area contributed by atoms with Crippen molar-refractivity contribution in [1.82, 2.24) is 4.90 Å². The normalized spacial score (nSPS) is 32.4. The van der Waals surface area contributed by atoms with Crippen LogP contribution in [0.2, 0.25) is 5.02 Å². The Kier molecular flexibility index (Phi) is 6.72. The third-order valence-electron chi connectivity index (χ3n) is 9.60. The molecule has 0 aromatic heterocycles. The predicted octanol–water partition coefficient (Wildman–Crippen LogP) is 2.03. The highest BCUT2D eigenvalue weighted by atomic mass is 35.5. The van der Waals surface area contributed by atoms with E-state index in [2.05, 4.69) is 0 Å². The monoisotopic (exact) mass is 595 g/mol. The fraction of sp³-hybridized carbons (Fsp3) is 0.452. The summed E-state index contributed by atoms with van der Waals surface area (Å²) >= 11 is 6.06. The molecule has 2 aromatic rings. The van der Waals surface area contributed by atoms with Crippen LogP contribution in [0.25, 0.3) is 11.1 Å². The predicted molar refractivity (Wildman–Crippen MR) is 155 cm³/mol. The second-order valence-corrected chi connectivity index (χ2v) is 13.2. The quantitative estimate of drug-likeness (QED) is 0.450. The molecule has 222 valence electrons. The van der Waals surface area contributed by atoms with Gasteiger partial charge in [0.05, 0.1) is 17.5 Å². The van der Waals surface area contributed by atoms with Gasteiger partial charge in [-0.25, -0.2) is 0 Å². The maximum atomic E-state index is 14.4. The molecule has 3 aliphatic carbocycles. The summed E-state index contributed by atoms with van der Waals surface area (Å²) in [5.74, 6) is -9.09. The Hall–Kier alpha value is -3.60. The highest BCUT2D eigenvalue weighted by Crippen LogP contribution is 2.62. The van der Waals surface area contributed by atoms with Crippen LogP contribution in [0.3, 0.4) is 0 Å². The zero-order valence-electron chi connectivity index (χ0n) is 24.3. The van der Waals surface area contributed by atoms with Crippen molar-refractivity contribution in [2.24, 2.45) is 28.4 Å². The van der Waals surface area contributed by atoms with Gasteiger partial charge >= 0.3 is 0 Å². The van der Waals surface area contributed by atoms with Crippen molar-refractivity contribution in [3.05, 3.63) is 46.5 Å². The molecule has 2 saturated carbocycles. The van der Waals surface area contributed by atoms with E-state index in [4.69, 9.17) is 17.3 Å². The van der Waals surface area contributed by atoms with Crippen molar-refractivity contribution >= 4 is 46.3 Å². The molecule has 42 heavy (non-hydrogen) atoms. The number of likely N-dealkylation sites (N-methyl/N-ethyl adjacent to an activating group) is 1. The first-order valence-corrected chi connectivity index (χ1v) is 14.0. The van der Waals surface area contributed by atoms with Gasteiger partial charge in [0.1, 0.15) is 5.75 Å². The number of halogens is 1. The molecule has 2 aromatic carbocycles. The van der Waals surface area contributed by atoms with E-state index in [1.807, 2.05) is 4.90 Å². The SMILES string of the molecule is CN(C)c1cc(-c2ccc(Cl)cc2)c(O)c2c1C[C@@]1(C)C[C@@]3(C)[C@H](N(C)C)C(=O)C(C(N)=O)C(=O)[C@@]3(O)C(=O)C1C2=O. The fourth-order valence-corrected chi connectivity index (χ4v) is 8.14. The molecule has 6 atom stereocenters. The highest BCUT2D eigenvalue weighted by molar-refractivity contribution is 6.33. The van der Waals surface area contributed by atoms with E-state index in [-0.39, 0.29) is 24.2 Å². The molecule has 0 spiro atoms. The number of aliphatic hydroxyl groups is 1. The maximum Gasteiger partial charge on any atom is 0.235 e. The lowest BCUT2D eigenvalue weighted by Gasteiger charge is -2.61. The lowest BCUT2D eigenvalue weighted by Crippen LogP contribution is -2.79. The molecule has 3 aliphatic rings. The van der Waals surface area contributed by atoms with E-state index in [0.717, 1.165) is 0 Å². The van der Waals surface area contributed by atoms with Crippen molar-refractivity contribution in [3.63, 3.8) is 0 Å². The van der Waals surface area contributed by atoms with E-state index >= 15 is 0 Å². The van der Waals surface area contributed by atoms with Crippen molar-refractivity contribution in [2.45, 2.75) is 38.3 Å². The third kappa shape index (κ3) is 3.74. The minimum Gasteiger partial charge on any atom is -0.507 e. The summed E-state index contributed by atoms with van der Waals surface area (Å²) in [6, 6.07) is 7.25.